The molecule has 0 aliphatic rings. The van der Waals surface area contributed by atoms with Gasteiger partial charge in [-0.05, 0) is 48.4 Å². The molecule has 144 valence electrons. The van der Waals surface area contributed by atoms with Crippen LogP contribution in [0.1, 0.15) is 12.5 Å². The highest BCUT2D eigenvalue weighted by atomic mass is 16.6. The summed E-state index contributed by atoms with van der Waals surface area (Å²) >= 11 is 0. The fraction of sp³-hybridized carbons (Fsp3) is 0.0909. The van der Waals surface area contributed by atoms with E-state index in [1.165, 1.54) is 18.2 Å². The Morgan fingerprint density at radius 1 is 1.03 bits per heavy atom. The smallest absolute Gasteiger partial charge is 0.292 e. The van der Waals surface area contributed by atoms with Crippen LogP contribution in [0.5, 0.6) is 5.75 Å². The van der Waals surface area contributed by atoms with E-state index in [0.717, 1.165) is 11.1 Å². The third-order valence-corrected chi connectivity index (χ3v) is 4.24. The lowest BCUT2D eigenvalue weighted by Gasteiger charge is -2.15. The van der Waals surface area contributed by atoms with Crippen LogP contribution in [-0.2, 0) is 4.79 Å². The molecule has 0 saturated heterocycles. The van der Waals surface area contributed by atoms with Crippen molar-refractivity contribution in [3.63, 3.8) is 0 Å². The fourth-order valence-electron chi connectivity index (χ4n) is 2.69. The van der Waals surface area contributed by atoms with Gasteiger partial charge in [-0.3, -0.25) is 14.9 Å². The van der Waals surface area contributed by atoms with Gasteiger partial charge in [0.15, 0.2) is 6.10 Å². The van der Waals surface area contributed by atoms with E-state index in [4.69, 9.17) is 10.00 Å². The quantitative estimate of drug-likeness (QED) is 0.494. The predicted octanol–water partition coefficient (Wildman–Crippen LogP) is 4.54. The normalized spacial score (nSPS) is 11.2. The average Bonchev–Trinajstić information content (AvgIpc) is 2.74. The molecular weight excluding hydrogens is 370 g/mol. The van der Waals surface area contributed by atoms with Crippen LogP contribution in [-0.4, -0.2) is 16.9 Å². The van der Waals surface area contributed by atoms with Crippen LogP contribution in [0.15, 0.2) is 72.8 Å². The van der Waals surface area contributed by atoms with Crippen LogP contribution in [0, 0.1) is 21.4 Å². The Morgan fingerprint density at radius 2 is 1.62 bits per heavy atom. The number of para-hydroxylation sites is 2. The first-order valence-corrected chi connectivity index (χ1v) is 8.79. The molecule has 0 radical (unpaired) electrons. The molecule has 0 bridgehead atoms. The summed E-state index contributed by atoms with van der Waals surface area (Å²) in [7, 11) is 0. The van der Waals surface area contributed by atoms with E-state index in [9.17, 15) is 14.9 Å². The summed E-state index contributed by atoms with van der Waals surface area (Å²) in [5.74, 6) is 0.00285. The highest BCUT2D eigenvalue weighted by molar-refractivity contribution is 5.96. The number of hydrogen-bond acceptors (Lipinski definition) is 5. The molecule has 3 aromatic rings. The highest BCUT2D eigenvalue weighted by Gasteiger charge is 2.19. The van der Waals surface area contributed by atoms with Gasteiger partial charge in [0.05, 0.1) is 16.6 Å². The molecule has 0 unspecified atom stereocenters. The van der Waals surface area contributed by atoms with Gasteiger partial charge in [0.2, 0.25) is 0 Å². The van der Waals surface area contributed by atoms with Crippen molar-refractivity contribution in [3.8, 4) is 22.9 Å². The molecule has 0 fully saturated rings. The summed E-state index contributed by atoms with van der Waals surface area (Å²) in [5, 5.41) is 22.5. The van der Waals surface area contributed by atoms with Gasteiger partial charge < -0.3 is 10.1 Å². The van der Waals surface area contributed by atoms with Gasteiger partial charge in [-0.15, -0.1) is 0 Å². The molecule has 0 aromatic heterocycles. The number of rotatable bonds is 6. The molecule has 0 saturated carbocycles. The first kappa shape index (κ1) is 19.6. The summed E-state index contributed by atoms with van der Waals surface area (Å²) in [4.78, 5) is 22.9. The second-order valence-corrected chi connectivity index (χ2v) is 6.24. The van der Waals surface area contributed by atoms with Gasteiger partial charge >= 0.3 is 0 Å². The second-order valence-electron chi connectivity index (χ2n) is 6.24. The number of ether oxygens (including phenoxy) is 1. The molecule has 1 atom stereocenters. The van der Waals surface area contributed by atoms with Crippen molar-refractivity contribution in [1.29, 1.82) is 5.26 Å². The molecule has 0 aliphatic heterocycles. The van der Waals surface area contributed by atoms with Crippen LogP contribution in [0.25, 0.3) is 11.1 Å². The lowest BCUT2D eigenvalue weighted by Crippen LogP contribution is -2.30. The number of benzene rings is 3. The Labute approximate surface area is 167 Å². The molecule has 0 aliphatic carbocycles. The Hall–Kier alpha value is -4.18. The number of carbonyl (C=O) groups is 1. The third kappa shape index (κ3) is 4.76. The SMILES string of the molecule is C[C@@H](Oc1ccc(-c2ccc(C#N)cc2)cc1)C(=O)Nc1ccccc1[N+](=O)[O-]. The van der Waals surface area contributed by atoms with Gasteiger partial charge in [0.1, 0.15) is 11.4 Å². The lowest BCUT2D eigenvalue weighted by atomic mass is 10.0. The van der Waals surface area contributed by atoms with Crippen molar-refractivity contribution in [1.82, 2.24) is 0 Å². The molecular formula is C22H17N3O4. The van der Waals surface area contributed by atoms with E-state index in [1.807, 2.05) is 24.3 Å². The van der Waals surface area contributed by atoms with Gasteiger partial charge in [-0.2, -0.15) is 5.26 Å². The number of hydrogen-bond donors (Lipinski definition) is 1. The molecule has 29 heavy (non-hydrogen) atoms. The third-order valence-electron chi connectivity index (χ3n) is 4.24. The van der Waals surface area contributed by atoms with E-state index >= 15 is 0 Å². The van der Waals surface area contributed by atoms with Crippen molar-refractivity contribution < 1.29 is 14.5 Å². The Balaban J connectivity index is 1.66. The maximum atomic E-state index is 12.4. The number of nitrogens with one attached hydrogen (secondary N) is 1. The van der Waals surface area contributed by atoms with Crippen molar-refractivity contribution in [3.05, 3.63) is 88.5 Å². The molecule has 1 amide bonds. The number of amides is 1. The van der Waals surface area contributed by atoms with E-state index in [-0.39, 0.29) is 11.4 Å². The van der Waals surface area contributed by atoms with Crippen LogP contribution < -0.4 is 10.1 Å². The highest BCUT2D eigenvalue weighted by Crippen LogP contribution is 2.25. The van der Waals surface area contributed by atoms with E-state index < -0.39 is 16.9 Å². The number of anilines is 1. The molecule has 7 heteroatoms. The standard InChI is InChI=1S/C22H17N3O4/c1-15(22(26)24-20-4-2-3-5-21(20)25(27)28)29-19-12-10-18(11-13-19)17-8-6-16(14-23)7-9-17/h2-13,15H,1H3,(H,24,26)/t15-/m1/s1. The van der Waals surface area contributed by atoms with E-state index in [2.05, 4.69) is 11.4 Å². The first-order valence-electron chi connectivity index (χ1n) is 8.79. The van der Waals surface area contributed by atoms with E-state index in [1.54, 1.807) is 37.3 Å². The van der Waals surface area contributed by atoms with Crippen LogP contribution in [0.3, 0.4) is 0 Å². The number of nitro groups is 1. The molecule has 0 spiro atoms. The molecule has 7 nitrogen and oxygen atoms in total. The summed E-state index contributed by atoms with van der Waals surface area (Å²) < 4.78 is 5.65. The van der Waals surface area contributed by atoms with Gasteiger partial charge in [0, 0.05) is 6.07 Å². The summed E-state index contributed by atoms with van der Waals surface area (Å²) in [6.45, 7) is 1.57. The number of nitro benzene ring substituents is 1. The number of carbonyl (C=O) groups excluding carboxylic acids is 1. The Bertz CT molecular complexity index is 1070. The van der Waals surface area contributed by atoms with Crippen LogP contribution in [0.4, 0.5) is 11.4 Å². The lowest BCUT2D eigenvalue weighted by molar-refractivity contribution is -0.383. The number of nitriles is 1. The largest absolute Gasteiger partial charge is 0.481 e. The van der Waals surface area contributed by atoms with Crippen LogP contribution >= 0.6 is 0 Å². The zero-order chi connectivity index (χ0) is 20.8. The molecule has 1 N–H and O–H groups in total. The zero-order valence-corrected chi connectivity index (χ0v) is 15.5. The summed E-state index contributed by atoms with van der Waals surface area (Å²) in [6, 6.07) is 22.4. The van der Waals surface area contributed by atoms with Gasteiger partial charge in [-0.1, -0.05) is 36.4 Å². The Kier molecular flexibility index (Phi) is 5.85. The number of nitrogens with zero attached hydrogens (tertiary/aromatic N) is 2. The maximum Gasteiger partial charge on any atom is 0.292 e. The minimum atomic E-state index is -0.851. The Morgan fingerprint density at radius 3 is 2.21 bits per heavy atom. The van der Waals surface area contributed by atoms with Crippen molar-refractivity contribution >= 4 is 17.3 Å². The zero-order valence-electron chi connectivity index (χ0n) is 15.5. The average molecular weight is 387 g/mol. The maximum absolute atomic E-state index is 12.4. The van der Waals surface area contributed by atoms with E-state index in [0.29, 0.717) is 11.3 Å². The topological polar surface area (TPSA) is 105 Å². The fourth-order valence-corrected chi connectivity index (χ4v) is 2.69. The van der Waals surface area contributed by atoms with Crippen molar-refractivity contribution in [2.45, 2.75) is 13.0 Å². The van der Waals surface area contributed by atoms with Crippen molar-refractivity contribution in [2.75, 3.05) is 5.32 Å². The monoisotopic (exact) mass is 387 g/mol. The molecule has 0 heterocycles. The second kappa shape index (κ2) is 8.67. The first-order chi connectivity index (χ1) is 14.0. The molecule has 3 aromatic carbocycles. The minimum Gasteiger partial charge on any atom is -0.481 e. The van der Waals surface area contributed by atoms with Crippen LogP contribution in [0.2, 0.25) is 0 Å². The minimum absolute atomic E-state index is 0.120. The van der Waals surface area contributed by atoms with Crippen molar-refractivity contribution in [2.24, 2.45) is 0 Å². The molecule has 3 rings (SSSR count). The summed E-state index contributed by atoms with van der Waals surface area (Å²) in [5.41, 5.74) is 2.43. The predicted molar refractivity (Wildman–Crippen MR) is 108 cm³/mol. The van der Waals surface area contributed by atoms with Gasteiger partial charge in [-0.25, -0.2) is 0 Å². The summed E-state index contributed by atoms with van der Waals surface area (Å²) in [6.07, 6.45) is -0.851. The van der Waals surface area contributed by atoms with Gasteiger partial charge in [0.25, 0.3) is 11.6 Å².